The van der Waals surface area contributed by atoms with Crippen LogP contribution in [0, 0.1) is 24.0 Å². The normalized spacial score (nSPS) is 10.9. The van der Waals surface area contributed by atoms with E-state index in [1.54, 1.807) is 0 Å². The summed E-state index contributed by atoms with van der Waals surface area (Å²) < 4.78 is 0. The number of aromatic nitrogens is 2. The summed E-state index contributed by atoms with van der Waals surface area (Å²) in [6, 6.07) is 9.72. The second kappa shape index (κ2) is 8.93. The van der Waals surface area contributed by atoms with Crippen LogP contribution < -0.4 is 5.32 Å². The third-order valence-electron chi connectivity index (χ3n) is 4.96. The molecule has 0 atom stereocenters. The summed E-state index contributed by atoms with van der Waals surface area (Å²) in [5.74, 6) is -0.648. The molecule has 1 amide bonds. The maximum Gasteiger partial charge on any atom is 0.271 e. The molecule has 2 N–H and O–H groups in total. The van der Waals surface area contributed by atoms with Crippen LogP contribution in [0.5, 0.6) is 5.75 Å². The van der Waals surface area contributed by atoms with Crippen LogP contribution in [-0.2, 0) is 4.79 Å². The van der Waals surface area contributed by atoms with Gasteiger partial charge in [-0.2, -0.15) is 0 Å². The highest BCUT2D eigenvalue weighted by Crippen LogP contribution is 2.38. The Morgan fingerprint density at radius 3 is 2.75 bits per heavy atom. The molecule has 0 saturated heterocycles. The highest BCUT2D eigenvalue weighted by Gasteiger charge is 2.17. The number of fused-ring (bicyclic) bond motifs is 1. The molecule has 0 radical (unpaired) electrons. The zero-order valence-electron chi connectivity index (χ0n) is 17.2. The maximum absolute atomic E-state index is 12.5. The molecule has 0 aliphatic rings. The zero-order chi connectivity index (χ0) is 22.8. The minimum Gasteiger partial charge on any atom is -0.506 e. The van der Waals surface area contributed by atoms with Crippen molar-refractivity contribution >= 4 is 50.6 Å². The molecule has 32 heavy (non-hydrogen) atoms. The summed E-state index contributed by atoms with van der Waals surface area (Å²) in [5.41, 5.74) is 4.22. The van der Waals surface area contributed by atoms with Gasteiger partial charge in [-0.1, -0.05) is 30.0 Å². The van der Waals surface area contributed by atoms with Crippen LogP contribution in [0.2, 0.25) is 0 Å². The molecule has 4 rings (SSSR count). The van der Waals surface area contributed by atoms with Crippen LogP contribution in [-0.4, -0.2) is 31.7 Å². The second-order valence-electron chi connectivity index (χ2n) is 7.10. The van der Waals surface area contributed by atoms with E-state index in [4.69, 9.17) is 0 Å². The predicted octanol–water partition coefficient (Wildman–Crippen LogP) is 5.32. The standard InChI is InChI=1S/C22H18N4O4S2/c1-12-3-4-14(7-13(12)2)16-9-31-21-20(16)22(24-11-23-21)32-10-19(28)25-17-8-15(26(29)30)5-6-18(17)27/h3-9,11,27H,10H2,1-2H3,(H,25,28). The van der Waals surface area contributed by atoms with Crippen molar-refractivity contribution in [2.75, 3.05) is 11.1 Å². The van der Waals surface area contributed by atoms with Gasteiger partial charge in [0.15, 0.2) is 0 Å². The van der Waals surface area contributed by atoms with Crippen molar-refractivity contribution in [3.05, 3.63) is 69.3 Å². The van der Waals surface area contributed by atoms with E-state index in [1.807, 2.05) is 5.38 Å². The number of anilines is 1. The molecule has 0 bridgehead atoms. The van der Waals surface area contributed by atoms with Gasteiger partial charge in [-0.25, -0.2) is 9.97 Å². The summed E-state index contributed by atoms with van der Waals surface area (Å²) >= 11 is 2.76. The highest BCUT2D eigenvalue weighted by atomic mass is 32.2. The monoisotopic (exact) mass is 466 g/mol. The van der Waals surface area contributed by atoms with E-state index in [2.05, 4.69) is 47.3 Å². The summed E-state index contributed by atoms with van der Waals surface area (Å²) in [5, 5.41) is 27.0. The minimum absolute atomic E-state index is 0.0102. The van der Waals surface area contributed by atoms with Crippen molar-refractivity contribution in [3.63, 3.8) is 0 Å². The van der Waals surface area contributed by atoms with Gasteiger partial charge in [0.05, 0.1) is 21.7 Å². The second-order valence-corrected chi connectivity index (χ2v) is 8.92. The van der Waals surface area contributed by atoms with Crippen molar-refractivity contribution in [2.45, 2.75) is 18.9 Å². The maximum atomic E-state index is 12.5. The van der Waals surface area contributed by atoms with E-state index >= 15 is 0 Å². The van der Waals surface area contributed by atoms with Crippen LogP contribution in [0.4, 0.5) is 11.4 Å². The number of aromatic hydroxyl groups is 1. The van der Waals surface area contributed by atoms with Crippen molar-refractivity contribution in [3.8, 4) is 16.9 Å². The number of rotatable bonds is 6. The van der Waals surface area contributed by atoms with E-state index in [0.29, 0.717) is 5.03 Å². The lowest BCUT2D eigenvalue weighted by Crippen LogP contribution is -2.14. The number of nitrogens with one attached hydrogen (secondary N) is 1. The fraction of sp³-hybridized carbons (Fsp3) is 0.136. The Hall–Kier alpha value is -3.50. The van der Waals surface area contributed by atoms with E-state index in [0.717, 1.165) is 27.4 Å². The quantitative estimate of drug-likeness (QED) is 0.130. The molecule has 2 heterocycles. The average molecular weight is 467 g/mol. The first-order valence-corrected chi connectivity index (χ1v) is 11.4. The van der Waals surface area contributed by atoms with Gasteiger partial charge in [-0.15, -0.1) is 11.3 Å². The third kappa shape index (κ3) is 4.41. The number of carbonyl (C=O) groups is 1. The fourth-order valence-corrected chi connectivity index (χ4v) is 4.93. The van der Waals surface area contributed by atoms with E-state index < -0.39 is 10.8 Å². The first-order chi connectivity index (χ1) is 15.3. The SMILES string of the molecule is Cc1ccc(-c2csc3ncnc(SCC(=O)Nc4cc([N+](=O)[O-])ccc4O)c23)cc1C. The topological polar surface area (TPSA) is 118 Å². The molecule has 4 aromatic rings. The molecular formula is C22H18N4O4S2. The fourth-order valence-electron chi connectivity index (χ4n) is 3.14. The Balaban J connectivity index is 1.57. The Bertz CT molecular complexity index is 1350. The molecule has 0 aliphatic carbocycles. The van der Waals surface area contributed by atoms with E-state index in [1.165, 1.54) is 52.7 Å². The molecule has 162 valence electrons. The predicted molar refractivity (Wildman–Crippen MR) is 126 cm³/mol. The first-order valence-electron chi connectivity index (χ1n) is 9.53. The molecule has 0 spiro atoms. The number of carbonyl (C=O) groups excluding carboxylic acids is 1. The number of hydrogen-bond acceptors (Lipinski definition) is 8. The number of phenols is 1. The third-order valence-corrected chi connectivity index (χ3v) is 6.83. The lowest BCUT2D eigenvalue weighted by atomic mass is 10.0. The van der Waals surface area contributed by atoms with Crippen LogP contribution in [0.3, 0.4) is 0 Å². The number of benzene rings is 2. The molecule has 0 aliphatic heterocycles. The van der Waals surface area contributed by atoms with Gasteiger partial charge >= 0.3 is 0 Å². The molecule has 0 saturated carbocycles. The van der Waals surface area contributed by atoms with E-state index in [-0.39, 0.29) is 22.9 Å². The van der Waals surface area contributed by atoms with Crippen molar-refractivity contribution in [1.82, 2.24) is 9.97 Å². The lowest BCUT2D eigenvalue weighted by molar-refractivity contribution is -0.384. The zero-order valence-corrected chi connectivity index (χ0v) is 18.8. The Labute approximate surface area is 191 Å². The van der Waals surface area contributed by atoms with Crippen LogP contribution in [0.1, 0.15) is 11.1 Å². The molecule has 8 nitrogen and oxygen atoms in total. The van der Waals surface area contributed by atoms with Gasteiger partial charge in [-0.05, 0) is 36.6 Å². The van der Waals surface area contributed by atoms with Gasteiger partial charge in [0.1, 0.15) is 21.9 Å². The number of thiophene rings is 1. The summed E-state index contributed by atoms with van der Waals surface area (Å²) in [6.07, 6.45) is 1.47. The lowest BCUT2D eigenvalue weighted by Gasteiger charge is -2.09. The van der Waals surface area contributed by atoms with Gasteiger partial charge in [0.2, 0.25) is 5.91 Å². The first kappa shape index (κ1) is 21.7. The summed E-state index contributed by atoms with van der Waals surface area (Å²) in [7, 11) is 0. The number of thioether (sulfide) groups is 1. The molecule has 0 unspecified atom stereocenters. The summed E-state index contributed by atoms with van der Waals surface area (Å²) in [4.78, 5) is 32.4. The van der Waals surface area contributed by atoms with Gasteiger partial charge in [0.25, 0.3) is 5.69 Å². The number of nitro groups is 1. The van der Waals surface area contributed by atoms with Crippen LogP contribution >= 0.6 is 23.1 Å². The Kier molecular flexibility index (Phi) is 6.06. The number of amides is 1. The van der Waals surface area contributed by atoms with Gasteiger partial charge in [-0.3, -0.25) is 14.9 Å². The number of nitrogens with zero attached hydrogens (tertiary/aromatic N) is 3. The highest BCUT2D eigenvalue weighted by molar-refractivity contribution is 8.00. The summed E-state index contributed by atoms with van der Waals surface area (Å²) in [6.45, 7) is 4.13. The van der Waals surface area contributed by atoms with Crippen molar-refractivity contribution < 1.29 is 14.8 Å². The van der Waals surface area contributed by atoms with Crippen LogP contribution in [0.25, 0.3) is 21.3 Å². The van der Waals surface area contributed by atoms with Gasteiger partial charge in [0, 0.05) is 23.1 Å². The van der Waals surface area contributed by atoms with Crippen LogP contribution in [0.15, 0.2) is 53.1 Å². The molecular weight excluding hydrogens is 448 g/mol. The Morgan fingerprint density at radius 1 is 1.19 bits per heavy atom. The number of nitro benzene ring substituents is 1. The number of non-ortho nitro benzene ring substituents is 1. The number of aryl methyl sites for hydroxylation is 2. The minimum atomic E-state index is -0.591. The average Bonchev–Trinajstić information content (AvgIpc) is 3.20. The molecule has 0 fully saturated rings. The van der Waals surface area contributed by atoms with Crippen molar-refractivity contribution in [2.24, 2.45) is 0 Å². The van der Waals surface area contributed by atoms with Crippen molar-refractivity contribution in [1.29, 1.82) is 0 Å². The molecule has 2 aromatic carbocycles. The molecule has 10 heteroatoms. The molecule has 2 aromatic heterocycles. The number of phenolic OH excluding ortho intramolecular Hbond substituents is 1. The largest absolute Gasteiger partial charge is 0.506 e. The Morgan fingerprint density at radius 2 is 2.00 bits per heavy atom. The smallest absolute Gasteiger partial charge is 0.271 e. The van der Waals surface area contributed by atoms with Gasteiger partial charge < -0.3 is 10.4 Å². The van der Waals surface area contributed by atoms with E-state index in [9.17, 15) is 20.0 Å². The number of hydrogen-bond donors (Lipinski definition) is 2.